The SMILES string of the molecule is CC(C)CCN1CCCCC1C(=O)NCc1ccc(Br)cc1. The predicted octanol–water partition coefficient (Wildman–Crippen LogP) is 3.97. The maximum atomic E-state index is 12.5. The summed E-state index contributed by atoms with van der Waals surface area (Å²) in [5, 5.41) is 3.11. The Morgan fingerprint density at radius 1 is 1.32 bits per heavy atom. The van der Waals surface area contributed by atoms with Crippen LogP contribution in [0.4, 0.5) is 0 Å². The van der Waals surface area contributed by atoms with Crippen LogP contribution in [0.25, 0.3) is 0 Å². The second-order valence-electron chi connectivity index (χ2n) is 6.57. The summed E-state index contributed by atoms with van der Waals surface area (Å²) in [6, 6.07) is 8.17. The molecule has 1 aromatic rings. The van der Waals surface area contributed by atoms with Crippen molar-refractivity contribution in [3.63, 3.8) is 0 Å². The van der Waals surface area contributed by atoms with E-state index in [0.717, 1.165) is 42.4 Å². The van der Waals surface area contributed by atoms with Crippen molar-refractivity contribution >= 4 is 21.8 Å². The lowest BCUT2D eigenvalue weighted by molar-refractivity contribution is -0.127. The van der Waals surface area contributed by atoms with E-state index >= 15 is 0 Å². The first-order valence-corrected chi connectivity index (χ1v) is 9.12. The molecule has 3 nitrogen and oxygen atoms in total. The van der Waals surface area contributed by atoms with Crippen LogP contribution >= 0.6 is 15.9 Å². The molecule has 0 radical (unpaired) electrons. The number of carbonyl (C=O) groups is 1. The minimum atomic E-state index is 0.0583. The number of benzene rings is 1. The van der Waals surface area contributed by atoms with Crippen LogP contribution in [0.2, 0.25) is 0 Å². The molecule has 1 N–H and O–H groups in total. The molecule has 0 spiro atoms. The summed E-state index contributed by atoms with van der Waals surface area (Å²) in [6.07, 6.45) is 4.53. The van der Waals surface area contributed by atoms with Gasteiger partial charge in [-0.2, -0.15) is 0 Å². The molecule has 2 rings (SSSR count). The molecule has 1 aliphatic heterocycles. The van der Waals surface area contributed by atoms with Gasteiger partial charge in [-0.15, -0.1) is 0 Å². The molecule has 0 aliphatic carbocycles. The molecular formula is C18H27BrN2O. The number of halogens is 1. The number of hydrogen-bond acceptors (Lipinski definition) is 2. The number of nitrogens with zero attached hydrogens (tertiary/aromatic N) is 1. The molecule has 4 heteroatoms. The van der Waals surface area contributed by atoms with Crippen LogP contribution in [0.3, 0.4) is 0 Å². The smallest absolute Gasteiger partial charge is 0.237 e. The van der Waals surface area contributed by atoms with E-state index in [-0.39, 0.29) is 11.9 Å². The molecule has 0 bridgehead atoms. The van der Waals surface area contributed by atoms with E-state index in [2.05, 4.69) is 40.0 Å². The third-order valence-corrected chi connectivity index (χ3v) is 4.82. The van der Waals surface area contributed by atoms with Crippen LogP contribution in [-0.2, 0) is 11.3 Å². The fourth-order valence-corrected chi connectivity index (χ4v) is 3.15. The predicted molar refractivity (Wildman–Crippen MR) is 94.7 cm³/mol. The third-order valence-electron chi connectivity index (χ3n) is 4.29. The Morgan fingerprint density at radius 3 is 2.73 bits per heavy atom. The van der Waals surface area contributed by atoms with Gasteiger partial charge in [0.25, 0.3) is 0 Å². The van der Waals surface area contributed by atoms with Crippen LogP contribution in [0, 0.1) is 5.92 Å². The lowest BCUT2D eigenvalue weighted by atomic mass is 10.00. The van der Waals surface area contributed by atoms with Gasteiger partial charge in [-0.1, -0.05) is 48.3 Å². The summed E-state index contributed by atoms with van der Waals surface area (Å²) in [5.74, 6) is 0.875. The van der Waals surface area contributed by atoms with E-state index in [1.165, 1.54) is 6.42 Å². The first kappa shape index (κ1) is 17.5. The summed E-state index contributed by atoms with van der Waals surface area (Å²) in [7, 11) is 0. The Bertz CT molecular complexity index is 472. The molecule has 122 valence electrons. The highest BCUT2D eigenvalue weighted by Gasteiger charge is 2.28. The molecule has 1 aliphatic rings. The highest BCUT2D eigenvalue weighted by atomic mass is 79.9. The molecule has 1 atom stereocenters. The molecule has 1 fully saturated rings. The Morgan fingerprint density at radius 2 is 2.05 bits per heavy atom. The van der Waals surface area contributed by atoms with Gasteiger partial charge < -0.3 is 5.32 Å². The van der Waals surface area contributed by atoms with Gasteiger partial charge in [-0.05, 0) is 56.0 Å². The van der Waals surface area contributed by atoms with E-state index in [0.29, 0.717) is 12.5 Å². The van der Waals surface area contributed by atoms with Crippen molar-refractivity contribution < 1.29 is 4.79 Å². The van der Waals surface area contributed by atoms with Crippen molar-refractivity contribution in [2.45, 2.75) is 52.1 Å². The number of piperidine rings is 1. The molecule has 1 heterocycles. The van der Waals surface area contributed by atoms with Gasteiger partial charge in [-0.3, -0.25) is 9.69 Å². The third kappa shape index (κ3) is 5.40. The van der Waals surface area contributed by atoms with Crippen molar-refractivity contribution in [2.24, 2.45) is 5.92 Å². The summed E-state index contributed by atoms with van der Waals surface area (Å²) in [5.41, 5.74) is 1.14. The quantitative estimate of drug-likeness (QED) is 0.825. The number of hydrogen-bond donors (Lipinski definition) is 1. The minimum Gasteiger partial charge on any atom is -0.351 e. The zero-order chi connectivity index (χ0) is 15.9. The standard InChI is InChI=1S/C18H27BrN2O/c1-14(2)10-12-21-11-4-3-5-17(21)18(22)20-13-15-6-8-16(19)9-7-15/h6-9,14,17H,3-5,10-13H2,1-2H3,(H,20,22). The van der Waals surface area contributed by atoms with Crippen LogP contribution in [-0.4, -0.2) is 29.9 Å². The molecule has 1 amide bonds. The largest absolute Gasteiger partial charge is 0.351 e. The number of carbonyl (C=O) groups excluding carboxylic acids is 1. The van der Waals surface area contributed by atoms with Crippen molar-refractivity contribution in [3.8, 4) is 0 Å². The fourth-order valence-electron chi connectivity index (χ4n) is 2.89. The van der Waals surface area contributed by atoms with Gasteiger partial charge in [-0.25, -0.2) is 0 Å². The van der Waals surface area contributed by atoms with E-state index in [9.17, 15) is 4.79 Å². The first-order valence-electron chi connectivity index (χ1n) is 8.32. The summed E-state index contributed by atoms with van der Waals surface area (Å²) in [4.78, 5) is 14.9. The van der Waals surface area contributed by atoms with E-state index in [4.69, 9.17) is 0 Å². The summed E-state index contributed by atoms with van der Waals surface area (Å²) in [6.45, 7) is 7.19. The Balaban J connectivity index is 1.86. The molecule has 22 heavy (non-hydrogen) atoms. The Kier molecular flexibility index (Phi) is 6.90. The second-order valence-corrected chi connectivity index (χ2v) is 7.49. The van der Waals surface area contributed by atoms with Crippen molar-refractivity contribution in [1.82, 2.24) is 10.2 Å². The number of likely N-dealkylation sites (tertiary alicyclic amines) is 1. The molecule has 0 aromatic heterocycles. The maximum absolute atomic E-state index is 12.5. The molecule has 1 saturated heterocycles. The summed E-state index contributed by atoms with van der Waals surface area (Å²) >= 11 is 3.43. The van der Waals surface area contributed by atoms with Crippen molar-refractivity contribution in [2.75, 3.05) is 13.1 Å². The molecule has 1 unspecified atom stereocenters. The van der Waals surface area contributed by atoms with Crippen LogP contribution < -0.4 is 5.32 Å². The normalized spacial score (nSPS) is 19.4. The zero-order valence-corrected chi connectivity index (χ0v) is 15.2. The highest BCUT2D eigenvalue weighted by molar-refractivity contribution is 9.10. The topological polar surface area (TPSA) is 32.3 Å². The number of nitrogens with one attached hydrogen (secondary N) is 1. The Hall–Kier alpha value is -0.870. The van der Waals surface area contributed by atoms with Gasteiger partial charge in [0.05, 0.1) is 6.04 Å². The average molecular weight is 367 g/mol. The molecule has 1 aromatic carbocycles. The zero-order valence-electron chi connectivity index (χ0n) is 13.6. The van der Waals surface area contributed by atoms with E-state index in [1.54, 1.807) is 0 Å². The van der Waals surface area contributed by atoms with Crippen LogP contribution in [0.5, 0.6) is 0 Å². The fraction of sp³-hybridized carbons (Fsp3) is 0.611. The van der Waals surface area contributed by atoms with Crippen LogP contribution in [0.15, 0.2) is 28.7 Å². The summed E-state index contributed by atoms with van der Waals surface area (Å²) < 4.78 is 1.06. The lowest BCUT2D eigenvalue weighted by Gasteiger charge is -2.35. The van der Waals surface area contributed by atoms with Crippen LogP contribution in [0.1, 0.15) is 45.1 Å². The van der Waals surface area contributed by atoms with Crippen molar-refractivity contribution in [1.29, 1.82) is 0 Å². The first-order chi connectivity index (χ1) is 10.6. The van der Waals surface area contributed by atoms with Gasteiger partial charge in [0, 0.05) is 11.0 Å². The maximum Gasteiger partial charge on any atom is 0.237 e. The van der Waals surface area contributed by atoms with E-state index < -0.39 is 0 Å². The Labute approximate surface area is 142 Å². The number of rotatable bonds is 6. The highest BCUT2D eigenvalue weighted by Crippen LogP contribution is 2.19. The monoisotopic (exact) mass is 366 g/mol. The molecular weight excluding hydrogens is 340 g/mol. The van der Waals surface area contributed by atoms with Gasteiger partial charge in [0.15, 0.2) is 0 Å². The lowest BCUT2D eigenvalue weighted by Crippen LogP contribution is -2.49. The van der Waals surface area contributed by atoms with Crippen molar-refractivity contribution in [3.05, 3.63) is 34.3 Å². The van der Waals surface area contributed by atoms with Gasteiger partial charge in [0.1, 0.15) is 0 Å². The molecule has 0 saturated carbocycles. The number of amides is 1. The van der Waals surface area contributed by atoms with Gasteiger partial charge in [0.2, 0.25) is 5.91 Å². The minimum absolute atomic E-state index is 0.0583. The van der Waals surface area contributed by atoms with E-state index in [1.807, 2.05) is 24.3 Å². The average Bonchev–Trinajstić information content (AvgIpc) is 2.52. The second kappa shape index (κ2) is 8.68. The van der Waals surface area contributed by atoms with Gasteiger partial charge >= 0.3 is 0 Å².